The van der Waals surface area contributed by atoms with Crippen molar-refractivity contribution in [2.24, 2.45) is 5.92 Å². The number of ether oxygens (including phenoxy) is 1. The van der Waals surface area contributed by atoms with E-state index in [0.717, 1.165) is 43.0 Å². The lowest BCUT2D eigenvalue weighted by Crippen LogP contribution is -2.23. The molecule has 0 unspecified atom stereocenters. The van der Waals surface area contributed by atoms with Crippen LogP contribution >= 0.6 is 0 Å². The lowest BCUT2D eigenvalue weighted by Gasteiger charge is -2.25. The third-order valence-electron chi connectivity index (χ3n) is 6.02. The molecule has 2 aliphatic carbocycles. The minimum absolute atomic E-state index is 0.0650. The number of carbonyl (C=O) groups is 1. The molecule has 26 heavy (non-hydrogen) atoms. The Morgan fingerprint density at radius 1 is 1.12 bits per heavy atom. The molecule has 2 aromatic rings. The fourth-order valence-corrected chi connectivity index (χ4v) is 4.42. The molecule has 0 saturated heterocycles. The summed E-state index contributed by atoms with van der Waals surface area (Å²) in [7, 11) is 0. The molecule has 0 aliphatic heterocycles. The monoisotopic (exact) mass is 352 g/mol. The summed E-state index contributed by atoms with van der Waals surface area (Å²) in [5.41, 5.74) is 3.69. The number of rotatable bonds is 4. The molecule has 0 radical (unpaired) electrons. The maximum absolute atomic E-state index is 12.7. The molecule has 4 rings (SSSR count). The van der Waals surface area contributed by atoms with Gasteiger partial charge < -0.3 is 9.72 Å². The first-order valence-electron chi connectivity index (χ1n) is 10.1. The molecule has 2 heterocycles. The van der Waals surface area contributed by atoms with E-state index in [1.54, 1.807) is 6.20 Å². The van der Waals surface area contributed by atoms with Crippen LogP contribution in [0.25, 0.3) is 11.4 Å². The fraction of sp³-hybridized carbons (Fsp3) is 0.545. The van der Waals surface area contributed by atoms with Gasteiger partial charge in [0.1, 0.15) is 11.8 Å². The van der Waals surface area contributed by atoms with Crippen LogP contribution in [0.15, 0.2) is 30.5 Å². The maximum Gasteiger partial charge on any atom is 0.355 e. The zero-order valence-electron chi connectivity index (χ0n) is 15.5. The minimum atomic E-state index is -0.217. The summed E-state index contributed by atoms with van der Waals surface area (Å²) >= 11 is 0. The number of H-pyrrole nitrogens is 1. The summed E-state index contributed by atoms with van der Waals surface area (Å²) in [5, 5.41) is 0. The first kappa shape index (κ1) is 17.3. The molecule has 2 fully saturated rings. The molecule has 2 aliphatic rings. The van der Waals surface area contributed by atoms with Crippen molar-refractivity contribution >= 4 is 5.97 Å². The van der Waals surface area contributed by atoms with Crippen LogP contribution < -0.4 is 0 Å². The van der Waals surface area contributed by atoms with Gasteiger partial charge in [-0.25, -0.2) is 4.79 Å². The Kier molecular flexibility index (Phi) is 5.09. The van der Waals surface area contributed by atoms with Gasteiger partial charge in [0.15, 0.2) is 0 Å². The van der Waals surface area contributed by atoms with Crippen molar-refractivity contribution in [2.75, 3.05) is 0 Å². The molecule has 1 N–H and O–H groups in total. The molecular formula is C22H28N2O2. The second-order valence-corrected chi connectivity index (χ2v) is 8.00. The predicted molar refractivity (Wildman–Crippen MR) is 102 cm³/mol. The van der Waals surface area contributed by atoms with E-state index in [4.69, 9.17) is 4.74 Å². The van der Waals surface area contributed by atoms with Crippen LogP contribution in [0.1, 0.15) is 80.3 Å². The van der Waals surface area contributed by atoms with Gasteiger partial charge in [-0.3, -0.25) is 4.98 Å². The lowest BCUT2D eigenvalue weighted by molar-refractivity contribution is 0.0168. The van der Waals surface area contributed by atoms with E-state index < -0.39 is 0 Å². The second kappa shape index (κ2) is 7.65. The number of pyridine rings is 1. The summed E-state index contributed by atoms with van der Waals surface area (Å²) in [6.45, 7) is 2.27. The van der Waals surface area contributed by atoms with E-state index in [-0.39, 0.29) is 12.1 Å². The van der Waals surface area contributed by atoms with Crippen molar-refractivity contribution in [3.05, 3.63) is 41.7 Å². The topological polar surface area (TPSA) is 55.0 Å². The number of hydrogen-bond donors (Lipinski definition) is 1. The number of nitrogens with one attached hydrogen (secondary N) is 1. The van der Waals surface area contributed by atoms with Crippen LogP contribution in [0, 0.1) is 5.92 Å². The van der Waals surface area contributed by atoms with Gasteiger partial charge in [-0.2, -0.15) is 0 Å². The van der Waals surface area contributed by atoms with E-state index in [2.05, 4.69) is 16.9 Å². The van der Waals surface area contributed by atoms with Crippen molar-refractivity contribution in [1.29, 1.82) is 0 Å². The number of aromatic nitrogens is 2. The largest absolute Gasteiger partial charge is 0.458 e. The normalized spacial score (nSPS) is 23.9. The molecule has 0 atom stereocenters. The summed E-state index contributed by atoms with van der Waals surface area (Å²) < 4.78 is 5.80. The summed E-state index contributed by atoms with van der Waals surface area (Å²) in [6.07, 6.45) is 11.0. The van der Waals surface area contributed by atoms with Gasteiger partial charge in [0.2, 0.25) is 0 Å². The smallest absolute Gasteiger partial charge is 0.355 e. The van der Waals surface area contributed by atoms with Crippen LogP contribution in [0.3, 0.4) is 0 Å². The Bertz CT molecular complexity index is 739. The molecule has 0 spiro atoms. The third kappa shape index (κ3) is 3.69. The lowest BCUT2D eigenvalue weighted by atomic mass is 9.89. The van der Waals surface area contributed by atoms with Crippen LogP contribution in [0.5, 0.6) is 0 Å². The highest BCUT2D eigenvalue weighted by Crippen LogP contribution is 2.39. The number of nitrogens with zero attached hydrogens (tertiary/aromatic N) is 1. The van der Waals surface area contributed by atoms with E-state index in [1.165, 1.54) is 31.2 Å². The fourth-order valence-electron chi connectivity index (χ4n) is 4.42. The van der Waals surface area contributed by atoms with Gasteiger partial charge >= 0.3 is 5.97 Å². The van der Waals surface area contributed by atoms with Gasteiger partial charge in [0, 0.05) is 6.20 Å². The first-order chi connectivity index (χ1) is 12.7. The number of aromatic amines is 1. The van der Waals surface area contributed by atoms with Gasteiger partial charge in [0.05, 0.1) is 11.4 Å². The van der Waals surface area contributed by atoms with E-state index in [9.17, 15) is 4.79 Å². The number of hydrogen-bond acceptors (Lipinski definition) is 3. The Labute approximate surface area is 155 Å². The van der Waals surface area contributed by atoms with Gasteiger partial charge in [-0.15, -0.1) is 0 Å². The third-order valence-corrected chi connectivity index (χ3v) is 6.02. The van der Waals surface area contributed by atoms with Crippen molar-refractivity contribution in [3.63, 3.8) is 0 Å². The highest BCUT2D eigenvalue weighted by Gasteiger charge is 2.27. The highest BCUT2D eigenvalue weighted by atomic mass is 16.5. The zero-order chi connectivity index (χ0) is 17.9. The molecular weight excluding hydrogens is 324 g/mol. The van der Waals surface area contributed by atoms with Crippen molar-refractivity contribution in [1.82, 2.24) is 9.97 Å². The van der Waals surface area contributed by atoms with Crippen molar-refractivity contribution in [3.8, 4) is 11.4 Å². The van der Waals surface area contributed by atoms with Gasteiger partial charge in [-0.1, -0.05) is 25.8 Å². The Morgan fingerprint density at radius 3 is 2.58 bits per heavy atom. The first-order valence-corrected chi connectivity index (χ1v) is 10.1. The Balaban J connectivity index is 1.57. The molecule has 2 saturated carbocycles. The highest BCUT2D eigenvalue weighted by molar-refractivity contribution is 5.89. The average molecular weight is 352 g/mol. The molecule has 0 aromatic carbocycles. The number of carbonyl (C=O) groups excluding carboxylic acids is 1. The van der Waals surface area contributed by atoms with Crippen LogP contribution in [0.4, 0.5) is 0 Å². The summed E-state index contributed by atoms with van der Waals surface area (Å²) in [5.74, 6) is 1.05. The molecule has 4 heteroatoms. The minimum Gasteiger partial charge on any atom is -0.458 e. The molecule has 0 bridgehead atoms. The van der Waals surface area contributed by atoms with Gasteiger partial charge in [-0.05, 0) is 74.1 Å². The van der Waals surface area contributed by atoms with Gasteiger partial charge in [0.25, 0.3) is 0 Å². The number of esters is 1. The Morgan fingerprint density at radius 2 is 1.88 bits per heavy atom. The summed E-state index contributed by atoms with van der Waals surface area (Å²) in [4.78, 5) is 20.6. The maximum atomic E-state index is 12.7. The SMILES string of the molecule is CC1CCC(OC(=O)c2cc(C3CCCC3)c(-c3ccccn3)[nH]2)CC1. The molecule has 138 valence electrons. The van der Waals surface area contributed by atoms with E-state index >= 15 is 0 Å². The van der Waals surface area contributed by atoms with E-state index in [1.807, 2.05) is 24.3 Å². The quantitative estimate of drug-likeness (QED) is 0.742. The molecule has 0 amide bonds. The average Bonchev–Trinajstić information content (AvgIpc) is 3.34. The molecule has 4 nitrogen and oxygen atoms in total. The van der Waals surface area contributed by atoms with Crippen LogP contribution in [-0.4, -0.2) is 22.0 Å². The standard InChI is InChI=1S/C22H28N2O2/c1-15-9-11-17(12-10-15)26-22(25)20-14-18(16-6-2-3-7-16)21(24-20)19-8-4-5-13-23-19/h4-5,8,13-17,24H,2-3,6-7,9-12H2,1H3. The second-order valence-electron chi connectivity index (χ2n) is 8.00. The van der Waals surface area contributed by atoms with E-state index in [0.29, 0.717) is 11.6 Å². The van der Waals surface area contributed by atoms with Crippen LogP contribution in [-0.2, 0) is 4.74 Å². The summed E-state index contributed by atoms with van der Waals surface area (Å²) in [6, 6.07) is 7.93. The van der Waals surface area contributed by atoms with Crippen LogP contribution in [0.2, 0.25) is 0 Å². The predicted octanol–water partition coefficient (Wildman–Crippen LogP) is 5.47. The zero-order valence-corrected chi connectivity index (χ0v) is 15.5. The van der Waals surface area contributed by atoms with Crippen molar-refractivity contribution in [2.45, 2.75) is 70.3 Å². The van der Waals surface area contributed by atoms with Crippen molar-refractivity contribution < 1.29 is 9.53 Å². The molecule has 2 aromatic heterocycles. The Hall–Kier alpha value is -2.10.